The highest BCUT2D eigenvalue weighted by atomic mass is 14.9. The van der Waals surface area contributed by atoms with Crippen molar-refractivity contribution < 1.29 is 0 Å². The lowest BCUT2D eigenvalue weighted by Gasteiger charge is -2.33. The minimum absolute atomic E-state index is 0.709. The van der Waals surface area contributed by atoms with Crippen molar-refractivity contribution in [3.8, 4) is 0 Å². The van der Waals surface area contributed by atoms with E-state index in [0.29, 0.717) is 6.04 Å². The molecule has 2 unspecified atom stereocenters. The lowest BCUT2D eigenvalue weighted by Crippen LogP contribution is -2.41. The van der Waals surface area contributed by atoms with Gasteiger partial charge in [0.2, 0.25) is 0 Å². The van der Waals surface area contributed by atoms with Gasteiger partial charge in [-0.1, -0.05) is 32.4 Å². The summed E-state index contributed by atoms with van der Waals surface area (Å²) >= 11 is 0. The molecule has 1 fully saturated rings. The van der Waals surface area contributed by atoms with Gasteiger partial charge in [0.25, 0.3) is 0 Å². The third-order valence-corrected chi connectivity index (χ3v) is 3.49. The molecule has 2 heteroatoms. The van der Waals surface area contributed by atoms with Crippen molar-refractivity contribution in [1.82, 2.24) is 5.32 Å². The van der Waals surface area contributed by atoms with Crippen LogP contribution in [0.25, 0.3) is 0 Å². The second-order valence-electron chi connectivity index (χ2n) is 5.01. The maximum Gasteiger partial charge on any atom is 0.0101 e. The van der Waals surface area contributed by atoms with Crippen LogP contribution in [0.1, 0.15) is 39.5 Å². The van der Waals surface area contributed by atoms with Gasteiger partial charge in [0.1, 0.15) is 0 Å². The first-order valence-electron chi connectivity index (χ1n) is 6.52. The largest absolute Gasteiger partial charge is 0.405 e. The van der Waals surface area contributed by atoms with Crippen LogP contribution in [0.5, 0.6) is 0 Å². The summed E-state index contributed by atoms with van der Waals surface area (Å²) in [6, 6.07) is 0.709. The maximum absolute atomic E-state index is 5.30. The Labute approximate surface area is 100.0 Å². The van der Waals surface area contributed by atoms with E-state index in [0.717, 1.165) is 18.3 Å². The van der Waals surface area contributed by atoms with Crippen LogP contribution in [-0.4, -0.2) is 12.6 Å². The molecule has 0 aromatic carbocycles. The summed E-state index contributed by atoms with van der Waals surface area (Å²) in [6.07, 6.45) is 13.0. The predicted molar refractivity (Wildman–Crippen MR) is 71.1 cm³/mol. The molecule has 1 aliphatic heterocycles. The molecule has 0 spiro atoms. The fraction of sp³-hybridized carbons (Fsp3) is 0.714. The quantitative estimate of drug-likeness (QED) is 0.702. The smallest absolute Gasteiger partial charge is 0.0101 e. The third-order valence-electron chi connectivity index (χ3n) is 3.49. The molecule has 16 heavy (non-hydrogen) atoms. The molecule has 92 valence electrons. The standard InChI is InChI=1S/C14H26N2/c1-12(2)13(8-4-3-6-10-15)14-9-5-7-11-16-14/h3-4,6,10,12-14,16H,5,7-9,11,15H2,1-2H3/b4-3-,10-6-. The van der Waals surface area contributed by atoms with Crippen molar-refractivity contribution in [2.24, 2.45) is 17.6 Å². The van der Waals surface area contributed by atoms with E-state index in [4.69, 9.17) is 5.73 Å². The van der Waals surface area contributed by atoms with Crippen molar-refractivity contribution in [2.75, 3.05) is 6.54 Å². The first kappa shape index (κ1) is 13.3. The molecule has 0 amide bonds. The maximum atomic E-state index is 5.30. The highest BCUT2D eigenvalue weighted by Gasteiger charge is 2.24. The summed E-state index contributed by atoms with van der Waals surface area (Å²) < 4.78 is 0. The molecule has 0 aliphatic carbocycles. The van der Waals surface area contributed by atoms with E-state index in [1.807, 2.05) is 6.08 Å². The van der Waals surface area contributed by atoms with E-state index in [9.17, 15) is 0 Å². The topological polar surface area (TPSA) is 38.0 Å². The first-order chi connectivity index (χ1) is 7.75. The van der Waals surface area contributed by atoms with Crippen molar-refractivity contribution in [2.45, 2.75) is 45.6 Å². The Morgan fingerprint density at radius 1 is 1.31 bits per heavy atom. The van der Waals surface area contributed by atoms with Crippen molar-refractivity contribution in [3.05, 3.63) is 24.4 Å². The van der Waals surface area contributed by atoms with E-state index in [1.165, 1.54) is 25.8 Å². The summed E-state index contributed by atoms with van der Waals surface area (Å²) in [7, 11) is 0. The monoisotopic (exact) mass is 222 g/mol. The van der Waals surface area contributed by atoms with Crippen LogP contribution in [0.4, 0.5) is 0 Å². The number of allylic oxidation sites excluding steroid dienone is 3. The van der Waals surface area contributed by atoms with Gasteiger partial charge in [0.15, 0.2) is 0 Å². The molecular formula is C14H26N2. The lowest BCUT2D eigenvalue weighted by molar-refractivity contribution is 0.239. The lowest BCUT2D eigenvalue weighted by atomic mass is 9.82. The van der Waals surface area contributed by atoms with E-state index in [2.05, 4.69) is 31.3 Å². The average Bonchev–Trinajstić information content (AvgIpc) is 2.30. The molecule has 1 aliphatic rings. The zero-order valence-electron chi connectivity index (χ0n) is 10.7. The Bertz CT molecular complexity index is 225. The van der Waals surface area contributed by atoms with Crippen LogP contribution in [0.2, 0.25) is 0 Å². The van der Waals surface area contributed by atoms with Crippen molar-refractivity contribution >= 4 is 0 Å². The fourth-order valence-electron chi connectivity index (χ4n) is 2.52. The Morgan fingerprint density at radius 2 is 2.12 bits per heavy atom. The normalized spacial score (nSPS) is 24.6. The van der Waals surface area contributed by atoms with E-state index in [1.54, 1.807) is 6.20 Å². The van der Waals surface area contributed by atoms with Gasteiger partial charge >= 0.3 is 0 Å². The Hall–Kier alpha value is -0.760. The molecule has 0 radical (unpaired) electrons. The highest BCUT2D eigenvalue weighted by molar-refractivity contribution is 5.02. The van der Waals surface area contributed by atoms with Crippen LogP contribution < -0.4 is 11.1 Å². The highest BCUT2D eigenvalue weighted by Crippen LogP contribution is 2.25. The number of nitrogens with two attached hydrogens (primary N) is 1. The summed E-state index contributed by atoms with van der Waals surface area (Å²) in [5.74, 6) is 1.49. The second-order valence-corrected chi connectivity index (χ2v) is 5.01. The number of rotatable bonds is 5. The third kappa shape index (κ3) is 4.40. The zero-order chi connectivity index (χ0) is 11.8. The molecule has 0 saturated carbocycles. The Kier molecular flexibility index (Phi) is 6.24. The summed E-state index contributed by atoms with van der Waals surface area (Å²) in [4.78, 5) is 0. The van der Waals surface area contributed by atoms with Gasteiger partial charge in [0.05, 0.1) is 0 Å². The van der Waals surface area contributed by atoms with Gasteiger partial charge in [-0.2, -0.15) is 0 Å². The van der Waals surface area contributed by atoms with Crippen LogP contribution in [-0.2, 0) is 0 Å². The molecule has 1 heterocycles. The molecule has 0 aromatic rings. The molecular weight excluding hydrogens is 196 g/mol. The van der Waals surface area contributed by atoms with Gasteiger partial charge in [-0.15, -0.1) is 0 Å². The predicted octanol–water partition coefficient (Wildman–Crippen LogP) is 2.82. The van der Waals surface area contributed by atoms with E-state index in [-0.39, 0.29) is 0 Å². The summed E-state index contributed by atoms with van der Waals surface area (Å²) in [5, 5.41) is 3.66. The molecule has 1 rings (SSSR count). The molecule has 1 saturated heterocycles. The van der Waals surface area contributed by atoms with Crippen LogP contribution in [0.15, 0.2) is 24.4 Å². The van der Waals surface area contributed by atoms with Gasteiger partial charge in [-0.3, -0.25) is 0 Å². The average molecular weight is 222 g/mol. The SMILES string of the molecule is CC(C)C(C/C=C\C=C/N)C1CCCCN1. The van der Waals surface area contributed by atoms with Gasteiger partial charge in [-0.25, -0.2) is 0 Å². The van der Waals surface area contributed by atoms with Gasteiger partial charge in [-0.05, 0) is 49.9 Å². The Balaban J connectivity index is 2.45. The zero-order valence-corrected chi connectivity index (χ0v) is 10.7. The van der Waals surface area contributed by atoms with Crippen LogP contribution in [0.3, 0.4) is 0 Å². The number of piperidine rings is 1. The van der Waals surface area contributed by atoms with E-state index < -0.39 is 0 Å². The van der Waals surface area contributed by atoms with Crippen LogP contribution >= 0.6 is 0 Å². The van der Waals surface area contributed by atoms with Crippen molar-refractivity contribution in [1.29, 1.82) is 0 Å². The summed E-state index contributed by atoms with van der Waals surface area (Å²) in [6.45, 7) is 5.85. The molecule has 0 bridgehead atoms. The number of hydrogen-bond acceptors (Lipinski definition) is 2. The fourth-order valence-corrected chi connectivity index (χ4v) is 2.52. The Morgan fingerprint density at radius 3 is 2.69 bits per heavy atom. The van der Waals surface area contributed by atoms with Gasteiger partial charge < -0.3 is 11.1 Å². The van der Waals surface area contributed by atoms with E-state index >= 15 is 0 Å². The number of nitrogens with one attached hydrogen (secondary N) is 1. The van der Waals surface area contributed by atoms with Crippen LogP contribution in [0, 0.1) is 11.8 Å². The minimum atomic E-state index is 0.709. The number of hydrogen-bond donors (Lipinski definition) is 2. The minimum Gasteiger partial charge on any atom is -0.405 e. The summed E-state index contributed by atoms with van der Waals surface area (Å²) in [5.41, 5.74) is 5.30. The molecule has 0 aromatic heterocycles. The first-order valence-corrected chi connectivity index (χ1v) is 6.52. The molecule has 3 N–H and O–H groups in total. The second kappa shape index (κ2) is 7.50. The molecule has 2 nitrogen and oxygen atoms in total. The van der Waals surface area contributed by atoms with Crippen molar-refractivity contribution in [3.63, 3.8) is 0 Å². The van der Waals surface area contributed by atoms with Gasteiger partial charge in [0, 0.05) is 6.04 Å². The molecule has 2 atom stereocenters.